The highest BCUT2D eigenvalue weighted by Gasteiger charge is 2.17. The molecule has 0 aliphatic carbocycles. The van der Waals surface area contributed by atoms with Crippen molar-refractivity contribution in [2.24, 2.45) is 0 Å². The van der Waals surface area contributed by atoms with Crippen molar-refractivity contribution in [1.29, 1.82) is 0 Å². The van der Waals surface area contributed by atoms with Crippen LogP contribution < -0.4 is 0 Å². The summed E-state index contributed by atoms with van der Waals surface area (Å²) in [5.41, 5.74) is 2.54. The molecule has 0 unspecified atom stereocenters. The highest BCUT2D eigenvalue weighted by Crippen LogP contribution is 2.14. The summed E-state index contributed by atoms with van der Waals surface area (Å²) in [4.78, 5) is 9.60. The van der Waals surface area contributed by atoms with Gasteiger partial charge in [0, 0.05) is 56.1 Å². The van der Waals surface area contributed by atoms with Crippen molar-refractivity contribution in [2.45, 2.75) is 19.9 Å². The van der Waals surface area contributed by atoms with Gasteiger partial charge in [-0.15, -0.1) is 11.3 Å². The van der Waals surface area contributed by atoms with Gasteiger partial charge in [-0.1, -0.05) is 23.7 Å². The fourth-order valence-electron chi connectivity index (χ4n) is 2.86. The zero-order valence-electron chi connectivity index (χ0n) is 13.0. The normalized spacial score (nSPS) is 17.0. The van der Waals surface area contributed by atoms with E-state index in [1.807, 2.05) is 12.1 Å². The van der Waals surface area contributed by atoms with Crippen molar-refractivity contribution in [1.82, 2.24) is 14.8 Å². The fourth-order valence-corrected chi connectivity index (χ4v) is 3.72. The molecule has 1 aliphatic heterocycles. The molecule has 1 aliphatic rings. The van der Waals surface area contributed by atoms with Crippen LogP contribution in [0.15, 0.2) is 29.6 Å². The van der Waals surface area contributed by atoms with E-state index in [1.54, 1.807) is 11.3 Å². The lowest BCUT2D eigenvalue weighted by Crippen LogP contribution is -2.46. The largest absolute Gasteiger partial charge is 0.300 e. The molecule has 22 heavy (non-hydrogen) atoms. The molecule has 1 fully saturated rings. The van der Waals surface area contributed by atoms with Crippen LogP contribution in [0.4, 0.5) is 0 Å². The maximum atomic E-state index is 6.06. The van der Waals surface area contributed by atoms with Crippen molar-refractivity contribution < 1.29 is 0 Å². The van der Waals surface area contributed by atoms with Gasteiger partial charge in [0.15, 0.2) is 0 Å². The van der Waals surface area contributed by atoms with E-state index in [0.717, 1.165) is 50.7 Å². The Morgan fingerprint density at radius 1 is 1.18 bits per heavy atom. The maximum Gasteiger partial charge on any atom is 0.0897 e. The summed E-state index contributed by atoms with van der Waals surface area (Å²) < 4.78 is 0. The number of aromatic nitrogens is 1. The van der Waals surface area contributed by atoms with Gasteiger partial charge in [0.1, 0.15) is 0 Å². The number of hydrogen-bond donors (Lipinski definition) is 0. The monoisotopic (exact) mass is 335 g/mol. The molecule has 0 spiro atoms. The number of nitrogens with zero attached hydrogens (tertiary/aromatic N) is 3. The van der Waals surface area contributed by atoms with E-state index in [9.17, 15) is 0 Å². The number of rotatable bonds is 5. The van der Waals surface area contributed by atoms with Gasteiger partial charge >= 0.3 is 0 Å². The first-order valence-corrected chi connectivity index (χ1v) is 9.05. The zero-order chi connectivity index (χ0) is 15.4. The van der Waals surface area contributed by atoms with E-state index in [2.05, 4.69) is 39.2 Å². The van der Waals surface area contributed by atoms with Crippen molar-refractivity contribution in [3.63, 3.8) is 0 Å². The van der Waals surface area contributed by atoms with Crippen molar-refractivity contribution in [3.05, 3.63) is 50.9 Å². The first-order chi connectivity index (χ1) is 10.7. The number of halogens is 1. The molecule has 0 amide bonds. The molecular weight excluding hydrogens is 314 g/mol. The second-order valence-corrected chi connectivity index (χ2v) is 7.35. The van der Waals surface area contributed by atoms with Crippen LogP contribution in [0.5, 0.6) is 0 Å². The Bertz CT molecular complexity index is 605. The molecular formula is C17H22ClN3S. The van der Waals surface area contributed by atoms with Crippen LogP contribution in [-0.4, -0.2) is 47.5 Å². The predicted octanol–water partition coefficient (Wildman–Crippen LogP) is 3.47. The molecule has 1 saturated heterocycles. The molecule has 3 rings (SSSR count). The Morgan fingerprint density at radius 3 is 2.64 bits per heavy atom. The second-order valence-electron chi connectivity index (χ2n) is 5.86. The molecule has 1 aromatic heterocycles. The van der Waals surface area contributed by atoms with Gasteiger partial charge in [-0.25, -0.2) is 4.98 Å². The summed E-state index contributed by atoms with van der Waals surface area (Å²) >= 11 is 7.80. The lowest BCUT2D eigenvalue weighted by atomic mass is 10.2. The average Bonchev–Trinajstić information content (AvgIpc) is 2.92. The Balaban J connectivity index is 1.42. The lowest BCUT2D eigenvalue weighted by Gasteiger charge is -2.34. The highest BCUT2D eigenvalue weighted by molar-refractivity contribution is 7.09. The quantitative estimate of drug-likeness (QED) is 0.834. The summed E-state index contributed by atoms with van der Waals surface area (Å²) in [5, 5.41) is 4.18. The average molecular weight is 336 g/mol. The number of hydrogen-bond acceptors (Lipinski definition) is 4. The van der Waals surface area contributed by atoms with E-state index >= 15 is 0 Å². The first kappa shape index (κ1) is 15.9. The number of piperazine rings is 1. The van der Waals surface area contributed by atoms with Crippen LogP contribution in [0.2, 0.25) is 5.02 Å². The molecule has 0 radical (unpaired) electrons. The van der Waals surface area contributed by atoms with E-state index in [0.29, 0.717) is 0 Å². The topological polar surface area (TPSA) is 19.4 Å². The highest BCUT2D eigenvalue weighted by atomic mass is 35.5. The van der Waals surface area contributed by atoms with Crippen LogP contribution >= 0.6 is 22.9 Å². The molecule has 1 aromatic carbocycles. The van der Waals surface area contributed by atoms with Crippen LogP contribution in [0.1, 0.15) is 16.3 Å². The summed E-state index contributed by atoms with van der Waals surface area (Å²) in [6.45, 7) is 8.73. The smallest absolute Gasteiger partial charge is 0.0897 e. The number of benzene rings is 1. The fraction of sp³-hybridized carbons (Fsp3) is 0.471. The van der Waals surface area contributed by atoms with Gasteiger partial charge in [-0.2, -0.15) is 0 Å². The standard InChI is InChI=1S/C17H22ClN3S/c1-14-19-17(13-22-14)5-6-20-7-9-21(10-8-20)12-15-3-2-4-16(18)11-15/h2-4,11,13H,5-10,12H2,1H3. The Morgan fingerprint density at radius 2 is 1.95 bits per heavy atom. The Hall–Kier alpha value is -0.940. The predicted molar refractivity (Wildman–Crippen MR) is 93.7 cm³/mol. The molecule has 3 nitrogen and oxygen atoms in total. The van der Waals surface area contributed by atoms with Crippen molar-refractivity contribution >= 4 is 22.9 Å². The summed E-state index contributed by atoms with van der Waals surface area (Å²) in [7, 11) is 0. The molecule has 118 valence electrons. The van der Waals surface area contributed by atoms with E-state index in [-0.39, 0.29) is 0 Å². The third kappa shape index (κ3) is 4.53. The zero-order valence-corrected chi connectivity index (χ0v) is 14.5. The first-order valence-electron chi connectivity index (χ1n) is 7.79. The van der Waals surface area contributed by atoms with Gasteiger partial charge in [0.2, 0.25) is 0 Å². The molecule has 0 N–H and O–H groups in total. The van der Waals surface area contributed by atoms with Gasteiger partial charge in [-0.05, 0) is 24.6 Å². The number of aryl methyl sites for hydroxylation is 1. The maximum absolute atomic E-state index is 6.06. The van der Waals surface area contributed by atoms with Crippen LogP contribution in [-0.2, 0) is 13.0 Å². The minimum absolute atomic E-state index is 0.828. The van der Waals surface area contributed by atoms with Crippen molar-refractivity contribution in [3.8, 4) is 0 Å². The lowest BCUT2D eigenvalue weighted by molar-refractivity contribution is 0.128. The Labute approximate surface area is 141 Å². The molecule has 5 heteroatoms. The van der Waals surface area contributed by atoms with Gasteiger partial charge < -0.3 is 4.90 Å². The minimum Gasteiger partial charge on any atom is -0.300 e. The van der Waals surface area contributed by atoms with Crippen LogP contribution in [0.3, 0.4) is 0 Å². The third-order valence-corrected chi connectivity index (χ3v) is 5.17. The second kappa shape index (κ2) is 7.55. The van der Waals surface area contributed by atoms with Gasteiger partial charge in [0.05, 0.1) is 10.7 Å². The van der Waals surface area contributed by atoms with E-state index in [1.165, 1.54) is 16.3 Å². The minimum atomic E-state index is 0.828. The van der Waals surface area contributed by atoms with Crippen molar-refractivity contribution in [2.75, 3.05) is 32.7 Å². The Kier molecular flexibility index (Phi) is 5.47. The van der Waals surface area contributed by atoms with Gasteiger partial charge in [-0.3, -0.25) is 4.90 Å². The van der Waals surface area contributed by atoms with Crippen LogP contribution in [0.25, 0.3) is 0 Å². The van der Waals surface area contributed by atoms with Gasteiger partial charge in [0.25, 0.3) is 0 Å². The van der Waals surface area contributed by atoms with E-state index in [4.69, 9.17) is 11.6 Å². The SMILES string of the molecule is Cc1nc(CCN2CCN(Cc3cccc(Cl)c3)CC2)cs1. The summed E-state index contributed by atoms with van der Waals surface area (Å²) in [6, 6.07) is 8.19. The molecule has 0 bridgehead atoms. The molecule has 2 heterocycles. The molecule has 2 aromatic rings. The van der Waals surface area contributed by atoms with Crippen LogP contribution in [0, 0.1) is 6.92 Å². The summed E-state index contributed by atoms with van der Waals surface area (Å²) in [6.07, 6.45) is 1.07. The molecule has 0 saturated carbocycles. The number of thiazole rings is 1. The summed E-state index contributed by atoms with van der Waals surface area (Å²) in [5.74, 6) is 0. The third-order valence-electron chi connectivity index (χ3n) is 4.11. The molecule has 0 atom stereocenters. The van der Waals surface area contributed by atoms with E-state index < -0.39 is 0 Å².